The number of nitrogens with one attached hydrogen (secondary N) is 2. The molecule has 2 N–H and O–H groups in total. The summed E-state index contributed by atoms with van der Waals surface area (Å²) in [5.74, 6) is 0. The van der Waals surface area contributed by atoms with Gasteiger partial charge in [0.05, 0.1) is 13.2 Å². The summed E-state index contributed by atoms with van der Waals surface area (Å²) in [6, 6.07) is 0. The highest BCUT2D eigenvalue weighted by atomic mass is 32.1. The Hall–Kier alpha value is -0.650. The van der Waals surface area contributed by atoms with E-state index in [1.54, 1.807) is 5.57 Å². The number of hydrogen-bond donors (Lipinski definition) is 2. The molecule has 0 spiro atoms. The molecule has 0 bridgehead atoms. The predicted molar refractivity (Wildman–Crippen MR) is 87.0 cm³/mol. The third kappa shape index (κ3) is 6.20. The Morgan fingerprint density at radius 2 is 2.00 bits per heavy atom. The van der Waals surface area contributed by atoms with Crippen molar-refractivity contribution in [2.75, 3.05) is 45.9 Å². The zero-order chi connectivity index (χ0) is 14.0. The highest BCUT2D eigenvalue weighted by Crippen LogP contribution is 2.19. The second kappa shape index (κ2) is 9.32. The van der Waals surface area contributed by atoms with Crippen molar-refractivity contribution < 1.29 is 4.74 Å². The van der Waals surface area contributed by atoms with Crippen molar-refractivity contribution in [2.45, 2.75) is 32.1 Å². The quantitative estimate of drug-likeness (QED) is 0.576. The first-order chi connectivity index (χ1) is 9.84. The molecule has 20 heavy (non-hydrogen) atoms. The molecule has 0 radical (unpaired) electrons. The van der Waals surface area contributed by atoms with Crippen LogP contribution in [-0.2, 0) is 4.74 Å². The van der Waals surface area contributed by atoms with Crippen LogP contribution in [0.15, 0.2) is 11.6 Å². The fraction of sp³-hybridized carbons (Fsp3) is 0.800. The smallest absolute Gasteiger partial charge is 0.166 e. The van der Waals surface area contributed by atoms with E-state index in [0.29, 0.717) is 0 Å². The molecule has 0 amide bonds. The normalized spacial score (nSPS) is 20.3. The van der Waals surface area contributed by atoms with E-state index in [-0.39, 0.29) is 0 Å². The third-order valence-corrected chi connectivity index (χ3v) is 4.22. The fourth-order valence-corrected chi connectivity index (χ4v) is 2.89. The van der Waals surface area contributed by atoms with E-state index in [1.807, 2.05) is 0 Å². The van der Waals surface area contributed by atoms with Crippen LogP contribution in [0, 0.1) is 0 Å². The lowest BCUT2D eigenvalue weighted by molar-refractivity contribution is 0.0389. The summed E-state index contributed by atoms with van der Waals surface area (Å²) in [7, 11) is 0. The largest absolute Gasteiger partial charge is 0.379 e. The molecule has 2 aliphatic rings. The van der Waals surface area contributed by atoms with Gasteiger partial charge < -0.3 is 15.4 Å². The van der Waals surface area contributed by atoms with Gasteiger partial charge in [0, 0.05) is 32.7 Å². The van der Waals surface area contributed by atoms with Gasteiger partial charge >= 0.3 is 0 Å². The number of allylic oxidation sites excluding steroid dienone is 1. The molecule has 2 rings (SSSR count). The van der Waals surface area contributed by atoms with Crippen LogP contribution >= 0.6 is 12.2 Å². The lowest BCUT2D eigenvalue weighted by Gasteiger charge is -2.26. The van der Waals surface area contributed by atoms with Crippen molar-refractivity contribution in [3.8, 4) is 0 Å². The summed E-state index contributed by atoms with van der Waals surface area (Å²) < 4.78 is 5.33. The number of rotatable bonds is 6. The Balaban J connectivity index is 1.48. The van der Waals surface area contributed by atoms with Crippen molar-refractivity contribution in [1.29, 1.82) is 0 Å². The zero-order valence-electron chi connectivity index (χ0n) is 12.3. The number of ether oxygens (including phenoxy) is 1. The third-order valence-electron chi connectivity index (χ3n) is 3.93. The number of hydrogen-bond acceptors (Lipinski definition) is 3. The zero-order valence-corrected chi connectivity index (χ0v) is 13.1. The number of nitrogens with zero attached hydrogens (tertiary/aromatic N) is 1. The molecule has 1 fully saturated rings. The predicted octanol–water partition coefficient (Wildman–Crippen LogP) is 1.67. The van der Waals surface area contributed by atoms with Gasteiger partial charge in [0.1, 0.15) is 0 Å². The van der Waals surface area contributed by atoms with Gasteiger partial charge in [0.25, 0.3) is 0 Å². The van der Waals surface area contributed by atoms with E-state index in [4.69, 9.17) is 17.0 Å². The first kappa shape index (κ1) is 15.7. The highest BCUT2D eigenvalue weighted by Gasteiger charge is 2.09. The Labute approximate surface area is 127 Å². The van der Waals surface area contributed by atoms with E-state index in [0.717, 1.165) is 57.5 Å². The fourth-order valence-electron chi connectivity index (χ4n) is 2.68. The van der Waals surface area contributed by atoms with Gasteiger partial charge in [-0.05, 0) is 44.3 Å². The Bertz CT molecular complexity index is 327. The summed E-state index contributed by atoms with van der Waals surface area (Å²) >= 11 is 5.30. The van der Waals surface area contributed by atoms with E-state index in [9.17, 15) is 0 Å². The van der Waals surface area contributed by atoms with Crippen molar-refractivity contribution in [3.05, 3.63) is 11.6 Å². The summed E-state index contributed by atoms with van der Waals surface area (Å²) in [6.45, 7) is 6.70. The summed E-state index contributed by atoms with van der Waals surface area (Å²) in [5.41, 5.74) is 1.60. The van der Waals surface area contributed by atoms with Crippen molar-refractivity contribution >= 4 is 17.3 Å². The molecule has 1 aliphatic heterocycles. The average molecular weight is 297 g/mol. The van der Waals surface area contributed by atoms with E-state index in [2.05, 4.69) is 21.6 Å². The van der Waals surface area contributed by atoms with Gasteiger partial charge in [-0.3, -0.25) is 4.90 Å². The second-order valence-electron chi connectivity index (χ2n) is 5.49. The molecule has 1 aliphatic carbocycles. The molecule has 0 unspecified atom stereocenters. The Morgan fingerprint density at radius 1 is 1.20 bits per heavy atom. The van der Waals surface area contributed by atoms with E-state index >= 15 is 0 Å². The summed E-state index contributed by atoms with van der Waals surface area (Å²) in [6.07, 6.45) is 8.79. The van der Waals surface area contributed by atoms with Gasteiger partial charge in [0.2, 0.25) is 0 Å². The van der Waals surface area contributed by atoms with Crippen LogP contribution in [0.2, 0.25) is 0 Å². The van der Waals surface area contributed by atoms with Crippen LogP contribution in [0.4, 0.5) is 0 Å². The van der Waals surface area contributed by atoms with Crippen LogP contribution in [-0.4, -0.2) is 55.9 Å². The minimum absolute atomic E-state index is 0.787. The average Bonchev–Trinajstić information content (AvgIpc) is 2.49. The lowest BCUT2D eigenvalue weighted by atomic mass is 9.97. The first-order valence-electron chi connectivity index (χ1n) is 7.84. The molecule has 0 aromatic heterocycles. The molecular weight excluding hydrogens is 270 g/mol. The van der Waals surface area contributed by atoms with Gasteiger partial charge in [0.15, 0.2) is 5.11 Å². The maximum Gasteiger partial charge on any atom is 0.166 e. The van der Waals surface area contributed by atoms with Gasteiger partial charge in [-0.25, -0.2) is 0 Å². The maximum atomic E-state index is 5.33. The highest BCUT2D eigenvalue weighted by molar-refractivity contribution is 7.80. The Morgan fingerprint density at radius 3 is 2.75 bits per heavy atom. The number of thiocarbonyl (C=S) groups is 1. The Kier molecular flexibility index (Phi) is 7.33. The molecule has 1 saturated heterocycles. The van der Waals surface area contributed by atoms with Gasteiger partial charge in [-0.1, -0.05) is 11.6 Å². The monoisotopic (exact) mass is 297 g/mol. The van der Waals surface area contributed by atoms with Gasteiger partial charge in [-0.15, -0.1) is 0 Å². The number of morpholine rings is 1. The van der Waals surface area contributed by atoms with Crippen LogP contribution in [0.25, 0.3) is 0 Å². The van der Waals surface area contributed by atoms with Crippen LogP contribution in [0.1, 0.15) is 32.1 Å². The lowest BCUT2D eigenvalue weighted by Crippen LogP contribution is -2.43. The van der Waals surface area contributed by atoms with Crippen LogP contribution in [0.3, 0.4) is 0 Å². The molecule has 0 aromatic carbocycles. The minimum Gasteiger partial charge on any atom is -0.379 e. The summed E-state index contributed by atoms with van der Waals surface area (Å²) in [4.78, 5) is 2.41. The molecular formula is C15H27N3OS. The van der Waals surface area contributed by atoms with E-state index < -0.39 is 0 Å². The van der Waals surface area contributed by atoms with E-state index in [1.165, 1.54) is 25.7 Å². The molecule has 0 atom stereocenters. The molecule has 4 nitrogen and oxygen atoms in total. The maximum absolute atomic E-state index is 5.33. The molecule has 0 aromatic rings. The van der Waals surface area contributed by atoms with Crippen LogP contribution in [0.5, 0.6) is 0 Å². The first-order valence-corrected chi connectivity index (χ1v) is 8.25. The van der Waals surface area contributed by atoms with Crippen molar-refractivity contribution in [2.24, 2.45) is 0 Å². The van der Waals surface area contributed by atoms with Crippen LogP contribution < -0.4 is 10.6 Å². The molecule has 1 heterocycles. The SMILES string of the molecule is S=C(NCCC1=CCCCC1)NCCN1CCOCC1. The topological polar surface area (TPSA) is 36.5 Å². The van der Waals surface area contributed by atoms with Gasteiger partial charge in [-0.2, -0.15) is 0 Å². The second-order valence-corrected chi connectivity index (χ2v) is 5.90. The molecule has 114 valence electrons. The van der Waals surface area contributed by atoms with Crippen molar-refractivity contribution in [3.63, 3.8) is 0 Å². The summed E-state index contributed by atoms with van der Waals surface area (Å²) in [5, 5.41) is 7.38. The molecule has 5 heteroatoms. The standard InChI is InChI=1S/C15H27N3OS/c20-15(16-7-6-14-4-2-1-3-5-14)17-8-9-18-10-12-19-13-11-18/h4H,1-3,5-13H2,(H2,16,17,20). The molecule has 0 saturated carbocycles. The minimum atomic E-state index is 0.787. The van der Waals surface area contributed by atoms with Crippen molar-refractivity contribution in [1.82, 2.24) is 15.5 Å².